The van der Waals surface area contributed by atoms with Crippen LogP contribution in [0.1, 0.15) is 5.56 Å². The Morgan fingerprint density at radius 2 is 2.26 bits per heavy atom. The van der Waals surface area contributed by atoms with Crippen molar-refractivity contribution in [1.82, 2.24) is 9.78 Å². The molecule has 0 amide bonds. The first kappa shape index (κ1) is 15.9. The number of aryl methyl sites for hydroxylation is 1. The van der Waals surface area contributed by atoms with Crippen molar-refractivity contribution in [3.8, 4) is 22.4 Å². The van der Waals surface area contributed by atoms with Gasteiger partial charge in [0, 0.05) is 12.4 Å². The van der Waals surface area contributed by atoms with Crippen LogP contribution < -0.4 is 4.74 Å². The van der Waals surface area contributed by atoms with Crippen molar-refractivity contribution in [2.45, 2.75) is 6.43 Å². The summed E-state index contributed by atoms with van der Waals surface area (Å²) in [4.78, 5) is 0.725. The molecule has 0 unspecified atom stereocenters. The van der Waals surface area contributed by atoms with Crippen molar-refractivity contribution in [2.24, 2.45) is 7.05 Å². The lowest BCUT2D eigenvalue weighted by atomic mass is 10.1. The van der Waals surface area contributed by atoms with Gasteiger partial charge in [0.15, 0.2) is 0 Å². The average molecular weight is 398 g/mol. The molecule has 0 aliphatic rings. The van der Waals surface area contributed by atoms with Crippen LogP contribution in [0, 0.1) is 11.3 Å². The Kier molecular flexibility index (Phi) is 4.33. The SMILES string of the molecule is Cn1ncc(Br)c1-c1sc2c(OCC(F)F)cccc2c1C#N. The molecule has 0 atom stereocenters. The highest BCUT2D eigenvalue weighted by Gasteiger charge is 2.21. The van der Waals surface area contributed by atoms with Gasteiger partial charge in [0.05, 0.1) is 31.5 Å². The topological polar surface area (TPSA) is 50.8 Å². The average Bonchev–Trinajstić information content (AvgIpc) is 3.04. The van der Waals surface area contributed by atoms with Crippen LogP contribution >= 0.6 is 27.3 Å². The minimum Gasteiger partial charge on any atom is -0.486 e. The molecule has 0 aliphatic heterocycles. The van der Waals surface area contributed by atoms with Crippen LogP contribution in [0.3, 0.4) is 0 Å². The molecular weight excluding hydrogens is 388 g/mol. The normalized spacial score (nSPS) is 11.1. The molecule has 2 heterocycles. The number of thiophene rings is 1. The summed E-state index contributed by atoms with van der Waals surface area (Å²) < 4.78 is 33.1. The summed E-state index contributed by atoms with van der Waals surface area (Å²) in [5, 5.41) is 14.4. The number of alkyl halides is 2. The predicted octanol–water partition coefficient (Wildman–Crippen LogP) is 4.58. The zero-order valence-corrected chi connectivity index (χ0v) is 14.3. The number of benzene rings is 1. The number of ether oxygens (including phenoxy) is 1. The highest BCUT2D eigenvalue weighted by molar-refractivity contribution is 9.10. The molecule has 0 saturated heterocycles. The molecule has 0 radical (unpaired) electrons. The third kappa shape index (κ3) is 2.82. The summed E-state index contributed by atoms with van der Waals surface area (Å²) in [5.41, 5.74) is 1.25. The van der Waals surface area contributed by atoms with Crippen molar-refractivity contribution in [2.75, 3.05) is 6.61 Å². The molecule has 3 aromatic rings. The number of aromatic nitrogens is 2. The summed E-state index contributed by atoms with van der Waals surface area (Å²) >= 11 is 4.76. The van der Waals surface area contributed by atoms with Crippen LogP contribution in [-0.4, -0.2) is 22.8 Å². The third-order valence-electron chi connectivity index (χ3n) is 3.27. The van der Waals surface area contributed by atoms with E-state index in [4.69, 9.17) is 4.74 Å². The van der Waals surface area contributed by atoms with Gasteiger partial charge in [-0.05, 0) is 22.0 Å². The molecule has 0 saturated carbocycles. The van der Waals surface area contributed by atoms with Crippen LogP contribution in [0.15, 0.2) is 28.9 Å². The van der Waals surface area contributed by atoms with Crippen LogP contribution in [0.4, 0.5) is 8.78 Å². The first-order valence-electron chi connectivity index (χ1n) is 6.57. The van der Waals surface area contributed by atoms with Crippen molar-refractivity contribution in [3.05, 3.63) is 34.4 Å². The van der Waals surface area contributed by atoms with E-state index in [1.54, 1.807) is 36.1 Å². The Bertz CT molecular complexity index is 894. The Balaban J connectivity index is 2.21. The third-order valence-corrected chi connectivity index (χ3v) is 5.07. The highest BCUT2D eigenvalue weighted by atomic mass is 79.9. The number of nitriles is 1. The first-order chi connectivity index (χ1) is 11.0. The maximum Gasteiger partial charge on any atom is 0.272 e. The van der Waals surface area contributed by atoms with Crippen molar-refractivity contribution in [1.29, 1.82) is 5.26 Å². The molecule has 0 spiro atoms. The van der Waals surface area contributed by atoms with E-state index in [1.807, 2.05) is 0 Å². The lowest BCUT2D eigenvalue weighted by molar-refractivity contribution is 0.0827. The van der Waals surface area contributed by atoms with E-state index in [1.165, 1.54) is 11.3 Å². The van der Waals surface area contributed by atoms with Crippen LogP contribution in [0.25, 0.3) is 20.7 Å². The smallest absolute Gasteiger partial charge is 0.272 e. The molecule has 1 aromatic carbocycles. The Labute approximate surface area is 143 Å². The van der Waals surface area contributed by atoms with Gasteiger partial charge >= 0.3 is 0 Å². The number of hydrogen-bond donors (Lipinski definition) is 0. The van der Waals surface area contributed by atoms with Gasteiger partial charge in [-0.25, -0.2) is 8.78 Å². The van der Waals surface area contributed by atoms with Crippen LogP contribution in [0.2, 0.25) is 0 Å². The highest BCUT2D eigenvalue weighted by Crippen LogP contribution is 2.44. The van der Waals surface area contributed by atoms with E-state index in [0.29, 0.717) is 21.4 Å². The fourth-order valence-corrected chi connectivity index (χ4v) is 4.29. The maximum atomic E-state index is 12.4. The Morgan fingerprint density at radius 3 is 2.87 bits per heavy atom. The van der Waals surface area contributed by atoms with Crippen LogP contribution in [0.5, 0.6) is 5.75 Å². The van der Waals surface area contributed by atoms with Gasteiger partial charge in [0.2, 0.25) is 0 Å². The molecule has 2 aromatic heterocycles. The number of hydrogen-bond acceptors (Lipinski definition) is 4. The van der Waals surface area contributed by atoms with E-state index in [2.05, 4.69) is 27.1 Å². The lowest BCUT2D eigenvalue weighted by Gasteiger charge is -2.05. The summed E-state index contributed by atoms with van der Waals surface area (Å²) in [5.74, 6) is 0.355. The molecule has 0 bridgehead atoms. The molecule has 3 rings (SSSR count). The van der Waals surface area contributed by atoms with E-state index >= 15 is 0 Å². The second-order valence-electron chi connectivity index (χ2n) is 4.72. The first-order valence-corrected chi connectivity index (χ1v) is 8.18. The van der Waals surface area contributed by atoms with Gasteiger partial charge in [0.25, 0.3) is 6.43 Å². The van der Waals surface area contributed by atoms with Crippen molar-refractivity contribution < 1.29 is 13.5 Å². The minimum absolute atomic E-state index is 0.355. The second kappa shape index (κ2) is 6.26. The zero-order chi connectivity index (χ0) is 16.6. The van der Waals surface area contributed by atoms with E-state index < -0.39 is 13.0 Å². The zero-order valence-electron chi connectivity index (χ0n) is 11.9. The van der Waals surface area contributed by atoms with Crippen molar-refractivity contribution in [3.63, 3.8) is 0 Å². The second-order valence-corrected chi connectivity index (χ2v) is 6.59. The number of nitrogens with zero attached hydrogens (tertiary/aromatic N) is 3. The van der Waals surface area contributed by atoms with Gasteiger partial charge in [-0.15, -0.1) is 11.3 Å². The minimum atomic E-state index is -2.55. The number of halogens is 3. The molecule has 0 N–H and O–H groups in total. The summed E-state index contributed by atoms with van der Waals surface area (Å²) in [6, 6.07) is 7.31. The molecular formula is C15H10BrF2N3OS. The Morgan fingerprint density at radius 1 is 1.48 bits per heavy atom. The van der Waals surface area contributed by atoms with Gasteiger partial charge < -0.3 is 4.74 Å². The van der Waals surface area contributed by atoms with E-state index in [-0.39, 0.29) is 0 Å². The summed E-state index contributed by atoms with van der Waals surface area (Å²) in [7, 11) is 1.78. The molecule has 8 heteroatoms. The fourth-order valence-electron chi connectivity index (χ4n) is 2.30. The standard InChI is InChI=1S/C15H10BrF2N3OS/c1-21-13(10(16)6-20-21)15-9(5-19)8-3-2-4-11(14(8)23-15)22-7-12(17)18/h2-4,6,12H,7H2,1H3. The maximum absolute atomic E-state index is 12.4. The predicted molar refractivity (Wildman–Crippen MR) is 87.9 cm³/mol. The van der Waals surface area contributed by atoms with Crippen LogP contribution in [-0.2, 0) is 7.05 Å². The van der Waals surface area contributed by atoms with Crippen molar-refractivity contribution >= 4 is 37.4 Å². The van der Waals surface area contributed by atoms with Gasteiger partial charge in [-0.3, -0.25) is 4.68 Å². The van der Waals surface area contributed by atoms with Gasteiger partial charge in [-0.1, -0.05) is 12.1 Å². The number of fused-ring (bicyclic) bond motifs is 1. The summed E-state index contributed by atoms with van der Waals surface area (Å²) in [6.07, 6.45) is -0.902. The van der Waals surface area contributed by atoms with E-state index in [0.717, 1.165) is 15.0 Å². The molecule has 23 heavy (non-hydrogen) atoms. The largest absolute Gasteiger partial charge is 0.486 e. The fraction of sp³-hybridized carbons (Fsp3) is 0.200. The quantitative estimate of drug-likeness (QED) is 0.647. The van der Waals surface area contributed by atoms with Gasteiger partial charge in [-0.2, -0.15) is 10.4 Å². The molecule has 0 aliphatic carbocycles. The lowest BCUT2D eigenvalue weighted by Crippen LogP contribution is -2.06. The van der Waals surface area contributed by atoms with E-state index in [9.17, 15) is 14.0 Å². The molecule has 4 nitrogen and oxygen atoms in total. The van der Waals surface area contributed by atoms with Gasteiger partial charge in [0.1, 0.15) is 18.4 Å². The summed E-state index contributed by atoms with van der Waals surface area (Å²) in [6.45, 7) is -0.677. The Hall–Kier alpha value is -1.98. The number of rotatable bonds is 4. The molecule has 118 valence electrons. The monoisotopic (exact) mass is 397 g/mol. The molecule has 0 fully saturated rings.